The fourth-order valence-corrected chi connectivity index (χ4v) is 2.99. The zero-order valence-corrected chi connectivity index (χ0v) is 16.4. The van der Waals surface area contributed by atoms with E-state index in [4.69, 9.17) is 0 Å². The highest BCUT2D eigenvalue weighted by molar-refractivity contribution is 5.81. The molecular weight excluding hydrogens is 308 g/mol. The number of nitrogens with zero attached hydrogens (tertiary/aromatic N) is 2. The number of rotatable bonds is 7. The van der Waals surface area contributed by atoms with Crippen molar-refractivity contribution in [3.8, 4) is 0 Å². The van der Waals surface area contributed by atoms with Crippen LogP contribution in [0, 0.1) is 12.3 Å². The molecule has 2 aromatic rings. The van der Waals surface area contributed by atoms with E-state index >= 15 is 0 Å². The van der Waals surface area contributed by atoms with Crippen molar-refractivity contribution < 1.29 is 4.79 Å². The quantitative estimate of drug-likeness (QED) is 0.695. The van der Waals surface area contributed by atoms with Gasteiger partial charge in [0.2, 0.25) is 5.91 Å². The van der Waals surface area contributed by atoms with Gasteiger partial charge in [-0.2, -0.15) is 0 Å². The SMILES string of the molecule is CCCCN(Cc1cccn1Cc1ccccc1C)C(=O)C(C)(C)C. The molecule has 0 saturated heterocycles. The average molecular weight is 341 g/mol. The van der Waals surface area contributed by atoms with Gasteiger partial charge in [-0.05, 0) is 36.6 Å². The largest absolute Gasteiger partial charge is 0.345 e. The van der Waals surface area contributed by atoms with Gasteiger partial charge in [-0.3, -0.25) is 4.79 Å². The molecule has 3 heteroatoms. The van der Waals surface area contributed by atoms with Gasteiger partial charge in [0, 0.05) is 30.4 Å². The van der Waals surface area contributed by atoms with Crippen LogP contribution in [0.25, 0.3) is 0 Å². The highest BCUT2D eigenvalue weighted by Crippen LogP contribution is 2.21. The molecule has 1 aromatic heterocycles. The molecule has 0 N–H and O–H groups in total. The van der Waals surface area contributed by atoms with Crippen LogP contribution in [0.3, 0.4) is 0 Å². The number of carbonyl (C=O) groups excluding carboxylic acids is 1. The van der Waals surface area contributed by atoms with Gasteiger partial charge in [-0.25, -0.2) is 0 Å². The van der Waals surface area contributed by atoms with E-state index in [9.17, 15) is 4.79 Å². The molecule has 0 fully saturated rings. The Hall–Kier alpha value is -2.03. The third kappa shape index (κ3) is 5.22. The van der Waals surface area contributed by atoms with E-state index in [0.29, 0.717) is 6.54 Å². The second kappa shape index (κ2) is 8.37. The first-order valence-corrected chi connectivity index (χ1v) is 9.31. The Bertz CT molecular complexity index is 694. The first-order chi connectivity index (χ1) is 11.8. The van der Waals surface area contributed by atoms with E-state index in [0.717, 1.165) is 25.9 Å². The van der Waals surface area contributed by atoms with Crippen molar-refractivity contribution in [1.82, 2.24) is 9.47 Å². The minimum atomic E-state index is -0.346. The lowest BCUT2D eigenvalue weighted by Crippen LogP contribution is -2.40. The molecule has 0 spiro atoms. The van der Waals surface area contributed by atoms with Gasteiger partial charge in [0.05, 0.1) is 6.54 Å². The summed E-state index contributed by atoms with van der Waals surface area (Å²) in [5.74, 6) is 0.226. The lowest BCUT2D eigenvalue weighted by molar-refractivity contribution is -0.140. The Labute approximate surface area is 152 Å². The molecule has 3 nitrogen and oxygen atoms in total. The molecule has 0 aliphatic rings. The second-order valence-corrected chi connectivity index (χ2v) is 7.88. The van der Waals surface area contributed by atoms with E-state index in [-0.39, 0.29) is 11.3 Å². The Morgan fingerprint density at radius 2 is 1.84 bits per heavy atom. The van der Waals surface area contributed by atoms with Crippen molar-refractivity contribution in [1.29, 1.82) is 0 Å². The Morgan fingerprint density at radius 3 is 2.48 bits per heavy atom. The van der Waals surface area contributed by atoms with Gasteiger partial charge in [0.25, 0.3) is 0 Å². The maximum atomic E-state index is 12.8. The lowest BCUT2D eigenvalue weighted by Gasteiger charge is -2.30. The number of benzene rings is 1. The second-order valence-electron chi connectivity index (χ2n) is 7.88. The Morgan fingerprint density at radius 1 is 1.12 bits per heavy atom. The van der Waals surface area contributed by atoms with Crippen LogP contribution in [0.15, 0.2) is 42.6 Å². The highest BCUT2D eigenvalue weighted by atomic mass is 16.2. The Balaban J connectivity index is 2.19. The molecule has 0 aliphatic carbocycles. The van der Waals surface area contributed by atoms with Gasteiger partial charge in [-0.15, -0.1) is 0 Å². The van der Waals surface area contributed by atoms with Crippen molar-refractivity contribution in [2.24, 2.45) is 5.41 Å². The topological polar surface area (TPSA) is 25.2 Å². The van der Waals surface area contributed by atoms with Crippen molar-refractivity contribution in [3.63, 3.8) is 0 Å². The molecule has 136 valence electrons. The fourth-order valence-electron chi connectivity index (χ4n) is 2.99. The van der Waals surface area contributed by atoms with Crippen LogP contribution in [0.5, 0.6) is 0 Å². The molecule has 1 heterocycles. The van der Waals surface area contributed by atoms with Crippen LogP contribution in [0.1, 0.15) is 57.4 Å². The molecule has 0 atom stereocenters. The van der Waals surface area contributed by atoms with Crippen molar-refractivity contribution in [2.75, 3.05) is 6.54 Å². The van der Waals surface area contributed by atoms with Crippen molar-refractivity contribution in [2.45, 2.75) is 60.5 Å². The van der Waals surface area contributed by atoms with E-state index in [2.05, 4.69) is 61.0 Å². The number of aromatic nitrogens is 1. The highest BCUT2D eigenvalue weighted by Gasteiger charge is 2.27. The average Bonchev–Trinajstić information content (AvgIpc) is 2.99. The van der Waals surface area contributed by atoms with E-state index in [1.807, 2.05) is 25.7 Å². The molecule has 0 saturated carbocycles. The summed E-state index contributed by atoms with van der Waals surface area (Å²) >= 11 is 0. The first-order valence-electron chi connectivity index (χ1n) is 9.31. The smallest absolute Gasteiger partial charge is 0.228 e. The summed E-state index contributed by atoms with van der Waals surface area (Å²) in [6, 6.07) is 12.7. The van der Waals surface area contributed by atoms with Crippen molar-refractivity contribution in [3.05, 3.63) is 59.4 Å². The van der Waals surface area contributed by atoms with Crippen LogP contribution in [-0.2, 0) is 17.9 Å². The standard InChI is InChI=1S/C22H32N2O/c1-6-7-14-24(21(25)22(3,4)5)17-20-13-10-15-23(20)16-19-12-9-8-11-18(19)2/h8-13,15H,6-7,14,16-17H2,1-5H3. The lowest BCUT2D eigenvalue weighted by atomic mass is 9.94. The Kier molecular flexibility index (Phi) is 6.46. The minimum absolute atomic E-state index is 0.226. The van der Waals surface area contributed by atoms with E-state index < -0.39 is 0 Å². The first kappa shape index (κ1) is 19.3. The molecule has 1 aromatic carbocycles. The van der Waals surface area contributed by atoms with Crippen LogP contribution in [0.2, 0.25) is 0 Å². The van der Waals surface area contributed by atoms with Crippen LogP contribution < -0.4 is 0 Å². The molecule has 2 rings (SSSR count). The summed E-state index contributed by atoms with van der Waals surface area (Å²) in [4.78, 5) is 14.9. The summed E-state index contributed by atoms with van der Waals surface area (Å²) < 4.78 is 2.26. The number of hydrogen-bond donors (Lipinski definition) is 0. The fraction of sp³-hybridized carbons (Fsp3) is 0.500. The predicted octanol–water partition coefficient (Wildman–Crippen LogP) is 5.02. The molecule has 1 amide bonds. The maximum absolute atomic E-state index is 12.8. The minimum Gasteiger partial charge on any atom is -0.345 e. The zero-order valence-electron chi connectivity index (χ0n) is 16.4. The molecule has 0 aliphatic heterocycles. The van der Waals surface area contributed by atoms with Gasteiger partial charge >= 0.3 is 0 Å². The molecule has 0 radical (unpaired) electrons. The normalized spacial score (nSPS) is 11.6. The van der Waals surface area contributed by atoms with Gasteiger partial charge in [-0.1, -0.05) is 58.4 Å². The number of amides is 1. The van der Waals surface area contributed by atoms with Crippen LogP contribution >= 0.6 is 0 Å². The van der Waals surface area contributed by atoms with Gasteiger partial charge in [0.1, 0.15) is 0 Å². The summed E-state index contributed by atoms with van der Waals surface area (Å²) in [6.07, 6.45) is 4.25. The molecule has 0 unspecified atom stereocenters. The number of unbranched alkanes of at least 4 members (excludes halogenated alkanes) is 1. The molecule has 25 heavy (non-hydrogen) atoms. The molecular formula is C22H32N2O. The monoisotopic (exact) mass is 340 g/mol. The number of hydrogen-bond acceptors (Lipinski definition) is 1. The molecule has 0 bridgehead atoms. The number of carbonyl (C=O) groups is 1. The summed E-state index contributed by atoms with van der Waals surface area (Å²) in [7, 11) is 0. The van der Waals surface area contributed by atoms with E-state index in [1.165, 1.54) is 16.8 Å². The third-order valence-electron chi connectivity index (χ3n) is 4.59. The van der Waals surface area contributed by atoms with E-state index in [1.54, 1.807) is 0 Å². The predicted molar refractivity (Wildman–Crippen MR) is 104 cm³/mol. The van der Waals surface area contributed by atoms with Gasteiger partial charge < -0.3 is 9.47 Å². The summed E-state index contributed by atoms with van der Waals surface area (Å²) in [6.45, 7) is 12.7. The van der Waals surface area contributed by atoms with Crippen LogP contribution in [0.4, 0.5) is 0 Å². The van der Waals surface area contributed by atoms with Crippen molar-refractivity contribution >= 4 is 5.91 Å². The third-order valence-corrected chi connectivity index (χ3v) is 4.59. The van der Waals surface area contributed by atoms with Crippen LogP contribution in [-0.4, -0.2) is 21.9 Å². The summed E-state index contributed by atoms with van der Waals surface area (Å²) in [5, 5.41) is 0. The number of aryl methyl sites for hydroxylation is 1. The maximum Gasteiger partial charge on any atom is 0.228 e. The summed E-state index contributed by atoms with van der Waals surface area (Å²) in [5.41, 5.74) is 3.47. The van der Waals surface area contributed by atoms with Gasteiger partial charge in [0.15, 0.2) is 0 Å². The zero-order chi connectivity index (χ0) is 18.4.